The highest BCUT2D eigenvalue weighted by atomic mass is 16.6. The number of carbonyl (C=O) groups is 1. The second-order valence-corrected chi connectivity index (χ2v) is 5.97. The summed E-state index contributed by atoms with van der Waals surface area (Å²) in [6.45, 7) is 5.60. The van der Waals surface area contributed by atoms with Gasteiger partial charge in [-0.15, -0.1) is 0 Å². The van der Waals surface area contributed by atoms with E-state index in [1.807, 2.05) is 20.8 Å². The molecule has 0 heterocycles. The quantitative estimate of drug-likeness (QED) is 0.723. The second-order valence-electron chi connectivity index (χ2n) is 5.97. The first-order valence-corrected chi connectivity index (χ1v) is 6.20. The maximum atomic E-state index is 11.5. The van der Waals surface area contributed by atoms with Crippen molar-refractivity contribution in [2.75, 3.05) is 0 Å². The highest BCUT2D eigenvalue weighted by Gasteiger charge is 2.41. The summed E-state index contributed by atoms with van der Waals surface area (Å²) in [6.07, 6.45) is 4.81. The van der Waals surface area contributed by atoms with Gasteiger partial charge < -0.3 is 4.74 Å². The summed E-state index contributed by atoms with van der Waals surface area (Å²) >= 11 is 0. The first-order valence-electron chi connectivity index (χ1n) is 6.20. The van der Waals surface area contributed by atoms with Crippen molar-refractivity contribution in [1.29, 1.82) is 0 Å². The molecule has 0 spiro atoms. The van der Waals surface area contributed by atoms with Gasteiger partial charge in [0.2, 0.25) is 0 Å². The zero-order chi connectivity index (χ0) is 11.8. The maximum absolute atomic E-state index is 11.5. The molecule has 16 heavy (non-hydrogen) atoms. The lowest BCUT2D eigenvalue weighted by molar-refractivity contribution is 0.0482. The van der Waals surface area contributed by atoms with Crippen molar-refractivity contribution in [1.82, 2.24) is 10.9 Å². The third kappa shape index (κ3) is 3.67. The normalized spacial score (nSPS) is 21.0. The van der Waals surface area contributed by atoms with Gasteiger partial charge in [-0.1, -0.05) is 0 Å². The number of rotatable bonds is 4. The molecule has 1 amide bonds. The molecule has 0 radical (unpaired) electrons. The third-order valence-electron chi connectivity index (χ3n) is 3.00. The number of nitrogens with one attached hydrogen (secondary N) is 2. The average molecular weight is 226 g/mol. The van der Waals surface area contributed by atoms with E-state index >= 15 is 0 Å². The van der Waals surface area contributed by atoms with E-state index in [1.165, 1.54) is 25.7 Å². The van der Waals surface area contributed by atoms with E-state index in [2.05, 4.69) is 10.9 Å². The van der Waals surface area contributed by atoms with Crippen LogP contribution in [-0.4, -0.2) is 17.7 Å². The Kier molecular flexibility index (Phi) is 3.10. The Hall–Kier alpha value is -0.770. The highest BCUT2D eigenvalue weighted by Crippen LogP contribution is 2.44. The Morgan fingerprint density at radius 2 is 1.69 bits per heavy atom. The molecule has 4 heteroatoms. The highest BCUT2D eigenvalue weighted by molar-refractivity contribution is 5.67. The Labute approximate surface area is 97.1 Å². The van der Waals surface area contributed by atoms with E-state index in [-0.39, 0.29) is 6.09 Å². The van der Waals surface area contributed by atoms with Crippen LogP contribution in [-0.2, 0) is 4.74 Å². The van der Waals surface area contributed by atoms with Crippen molar-refractivity contribution >= 4 is 6.09 Å². The SMILES string of the molecule is CC(C)(C)OC(=O)NNC(C1CC1)C1CC1. The van der Waals surface area contributed by atoms with Crippen LogP contribution in [0.4, 0.5) is 4.79 Å². The van der Waals surface area contributed by atoms with E-state index in [0.717, 1.165) is 11.8 Å². The van der Waals surface area contributed by atoms with Gasteiger partial charge in [0.25, 0.3) is 0 Å². The molecule has 2 rings (SSSR count). The molecule has 0 saturated heterocycles. The summed E-state index contributed by atoms with van der Waals surface area (Å²) < 4.78 is 5.18. The van der Waals surface area contributed by atoms with E-state index in [0.29, 0.717) is 6.04 Å². The molecule has 2 saturated carbocycles. The number of amides is 1. The fourth-order valence-electron chi connectivity index (χ4n) is 1.98. The van der Waals surface area contributed by atoms with Gasteiger partial charge in [0.1, 0.15) is 5.60 Å². The van der Waals surface area contributed by atoms with Crippen molar-refractivity contribution < 1.29 is 9.53 Å². The molecule has 0 aromatic carbocycles. The Morgan fingerprint density at radius 1 is 1.19 bits per heavy atom. The van der Waals surface area contributed by atoms with Crippen LogP contribution in [0, 0.1) is 11.8 Å². The fourth-order valence-corrected chi connectivity index (χ4v) is 1.98. The van der Waals surface area contributed by atoms with E-state index < -0.39 is 5.60 Å². The summed E-state index contributed by atoms with van der Waals surface area (Å²) in [5.74, 6) is 1.53. The Bertz CT molecular complexity index is 253. The minimum absolute atomic E-state index is 0.376. The Balaban J connectivity index is 1.70. The summed E-state index contributed by atoms with van der Waals surface area (Å²) in [5, 5.41) is 0. The molecule has 2 fully saturated rings. The zero-order valence-electron chi connectivity index (χ0n) is 10.4. The van der Waals surface area contributed by atoms with Crippen LogP contribution >= 0.6 is 0 Å². The van der Waals surface area contributed by atoms with Gasteiger partial charge in [-0.2, -0.15) is 0 Å². The average Bonchev–Trinajstić information content (AvgIpc) is 2.97. The van der Waals surface area contributed by atoms with Crippen molar-refractivity contribution in [3.05, 3.63) is 0 Å². The molecule has 0 aromatic heterocycles. The largest absolute Gasteiger partial charge is 0.443 e. The van der Waals surface area contributed by atoms with Crippen molar-refractivity contribution in [3.8, 4) is 0 Å². The minimum Gasteiger partial charge on any atom is -0.443 e. The lowest BCUT2D eigenvalue weighted by atomic mass is 10.1. The van der Waals surface area contributed by atoms with Gasteiger partial charge in [-0.25, -0.2) is 10.2 Å². The zero-order valence-corrected chi connectivity index (χ0v) is 10.4. The molecule has 0 unspecified atom stereocenters. The molecule has 92 valence electrons. The number of hydrogen-bond donors (Lipinski definition) is 2. The molecular weight excluding hydrogens is 204 g/mol. The molecule has 0 aliphatic heterocycles. The van der Waals surface area contributed by atoms with Gasteiger partial charge in [0, 0.05) is 6.04 Å². The molecule has 4 nitrogen and oxygen atoms in total. The number of hydrogen-bond acceptors (Lipinski definition) is 3. The molecule has 2 aliphatic rings. The standard InChI is InChI=1S/C12H22N2O2/c1-12(2,3)16-11(15)14-13-10(8-4-5-8)9-6-7-9/h8-10,13H,4-7H2,1-3H3,(H,14,15). The molecule has 0 aromatic rings. The smallest absolute Gasteiger partial charge is 0.422 e. The lowest BCUT2D eigenvalue weighted by Crippen LogP contribution is -2.48. The molecule has 0 atom stereocenters. The van der Waals surface area contributed by atoms with Crippen LogP contribution in [0.15, 0.2) is 0 Å². The minimum atomic E-state index is -0.430. The van der Waals surface area contributed by atoms with Crippen LogP contribution in [0.1, 0.15) is 46.5 Å². The lowest BCUT2D eigenvalue weighted by Gasteiger charge is -2.22. The van der Waals surface area contributed by atoms with E-state index in [4.69, 9.17) is 4.74 Å². The van der Waals surface area contributed by atoms with Crippen molar-refractivity contribution in [2.45, 2.75) is 58.1 Å². The van der Waals surface area contributed by atoms with Gasteiger partial charge >= 0.3 is 6.09 Å². The van der Waals surface area contributed by atoms with Crippen LogP contribution < -0.4 is 10.9 Å². The van der Waals surface area contributed by atoms with Crippen molar-refractivity contribution in [3.63, 3.8) is 0 Å². The van der Waals surface area contributed by atoms with E-state index in [1.54, 1.807) is 0 Å². The fraction of sp³-hybridized carbons (Fsp3) is 0.917. The first-order chi connectivity index (χ1) is 7.46. The summed E-state index contributed by atoms with van der Waals surface area (Å²) in [7, 11) is 0. The van der Waals surface area contributed by atoms with Crippen LogP contribution in [0.3, 0.4) is 0 Å². The summed E-state index contributed by atoms with van der Waals surface area (Å²) in [4.78, 5) is 11.5. The van der Waals surface area contributed by atoms with Gasteiger partial charge in [-0.3, -0.25) is 5.43 Å². The Morgan fingerprint density at radius 3 is 2.06 bits per heavy atom. The molecule has 0 bridgehead atoms. The van der Waals surface area contributed by atoms with E-state index in [9.17, 15) is 4.79 Å². The summed E-state index contributed by atoms with van der Waals surface area (Å²) in [5.41, 5.74) is 5.38. The number of hydrazine groups is 1. The topological polar surface area (TPSA) is 50.4 Å². The monoisotopic (exact) mass is 226 g/mol. The van der Waals surface area contributed by atoms with Gasteiger partial charge in [-0.05, 0) is 58.3 Å². The summed E-state index contributed by atoms with van der Waals surface area (Å²) in [6, 6.07) is 0.465. The number of ether oxygens (including phenoxy) is 1. The van der Waals surface area contributed by atoms with Crippen LogP contribution in [0.25, 0.3) is 0 Å². The third-order valence-corrected chi connectivity index (χ3v) is 3.00. The maximum Gasteiger partial charge on any atom is 0.422 e. The number of carbonyl (C=O) groups excluding carboxylic acids is 1. The second kappa shape index (κ2) is 4.24. The molecular formula is C12H22N2O2. The molecule has 2 N–H and O–H groups in total. The predicted octanol–water partition coefficient (Wildman–Crippen LogP) is 2.20. The first kappa shape index (κ1) is 11.7. The van der Waals surface area contributed by atoms with Crippen LogP contribution in [0.2, 0.25) is 0 Å². The predicted molar refractivity (Wildman–Crippen MR) is 61.7 cm³/mol. The van der Waals surface area contributed by atoms with Gasteiger partial charge in [0.15, 0.2) is 0 Å². The molecule has 2 aliphatic carbocycles. The van der Waals surface area contributed by atoms with Crippen molar-refractivity contribution in [2.24, 2.45) is 11.8 Å². The van der Waals surface area contributed by atoms with Gasteiger partial charge in [0.05, 0.1) is 0 Å². The van der Waals surface area contributed by atoms with Crippen LogP contribution in [0.5, 0.6) is 0 Å².